The van der Waals surface area contributed by atoms with E-state index in [0.717, 1.165) is 26.2 Å². The van der Waals surface area contributed by atoms with Crippen LogP contribution in [-0.4, -0.2) is 53.9 Å². The monoisotopic (exact) mass is 257 g/mol. The Morgan fingerprint density at radius 1 is 1.47 bits per heavy atom. The topological polar surface area (TPSA) is 49.6 Å². The molecule has 98 valence electrons. The molecular weight excluding hydrogens is 234 g/mol. The van der Waals surface area contributed by atoms with Gasteiger partial charge in [0.05, 0.1) is 10.9 Å². The van der Waals surface area contributed by atoms with Crippen LogP contribution >= 0.6 is 12.2 Å². The van der Waals surface area contributed by atoms with Gasteiger partial charge in [0.2, 0.25) is 5.91 Å². The van der Waals surface area contributed by atoms with Gasteiger partial charge in [0, 0.05) is 20.1 Å². The maximum absolute atomic E-state index is 12.1. The lowest BCUT2D eigenvalue weighted by molar-refractivity contribution is -0.132. The molecule has 1 unspecified atom stereocenters. The average molecular weight is 257 g/mol. The van der Waals surface area contributed by atoms with Crippen molar-refractivity contribution in [2.24, 2.45) is 11.7 Å². The lowest BCUT2D eigenvalue weighted by atomic mass is 10.1. The number of carbonyl (C=O) groups excluding carboxylic acids is 1. The molecule has 1 aliphatic rings. The third kappa shape index (κ3) is 4.24. The highest BCUT2D eigenvalue weighted by atomic mass is 32.1. The number of carbonyl (C=O) groups is 1. The predicted molar refractivity (Wildman–Crippen MR) is 73.9 cm³/mol. The molecule has 0 aromatic rings. The molecule has 0 aromatic heterocycles. The zero-order valence-corrected chi connectivity index (χ0v) is 11.6. The predicted octanol–water partition coefficient (Wildman–Crippen LogP) is 0.853. The summed E-state index contributed by atoms with van der Waals surface area (Å²) < 4.78 is 0. The molecule has 2 N–H and O–H groups in total. The molecule has 0 spiro atoms. The van der Waals surface area contributed by atoms with Crippen LogP contribution in [-0.2, 0) is 4.79 Å². The summed E-state index contributed by atoms with van der Waals surface area (Å²) in [6, 6.07) is 0. The fraction of sp³-hybridized carbons (Fsp3) is 0.833. The van der Waals surface area contributed by atoms with Gasteiger partial charge in [-0.05, 0) is 32.4 Å². The smallest absolute Gasteiger partial charge is 0.232 e. The van der Waals surface area contributed by atoms with Gasteiger partial charge in [0.25, 0.3) is 0 Å². The molecule has 5 heteroatoms. The van der Waals surface area contributed by atoms with Crippen LogP contribution < -0.4 is 5.73 Å². The molecule has 0 aliphatic carbocycles. The van der Waals surface area contributed by atoms with Crippen molar-refractivity contribution in [3.8, 4) is 0 Å². The zero-order valence-electron chi connectivity index (χ0n) is 10.8. The fourth-order valence-corrected chi connectivity index (χ4v) is 2.44. The van der Waals surface area contributed by atoms with E-state index >= 15 is 0 Å². The number of hydrogen-bond acceptors (Lipinski definition) is 3. The largest absolute Gasteiger partial charge is 0.393 e. The van der Waals surface area contributed by atoms with Gasteiger partial charge >= 0.3 is 0 Å². The average Bonchev–Trinajstić information content (AvgIpc) is 2.78. The van der Waals surface area contributed by atoms with Crippen molar-refractivity contribution in [1.82, 2.24) is 9.80 Å². The van der Waals surface area contributed by atoms with E-state index in [1.165, 1.54) is 12.8 Å². The number of rotatable bonds is 6. The van der Waals surface area contributed by atoms with E-state index in [1.807, 2.05) is 14.0 Å². The Morgan fingerprint density at radius 3 is 2.53 bits per heavy atom. The van der Waals surface area contributed by atoms with Crippen LogP contribution in [0.1, 0.15) is 26.2 Å². The number of hydrogen-bond donors (Lipinski definition) is 1. The van der Waals surface area contributed by atoms with Crippen LogP contribution in [0.5, 0.6) is 0 Å². The van der Waals surface area contributed by atoms with Gasteiger partial charge in [-0.3, -0.25) is 4.79 Å². The van der Waals surface area contributed by atoms with Crippen molar-refractivity contribution < 1.29 is 4.79 Å². The highest BCUT2D eigenvalue weighted by molar-refractivity contribution is 7.80. The van der Waals surface area contributed by atoms with Gasteiger partial charge in [-0.1, -0.05) is 19.1 Å². The third-order valence-corrected chi connectivity index (χ3v) is 3.66. The van der Waals surface area contributed by atoms with Crippen LogP contribution in [0.2, 0.25) is 0 Å². The zero-order chi connectivity index (χ0) is 12.8. The minimum absolute atomic E-state index is 0.0548. The summed E-state index contributed by atoms with van der Waals surface area (Å²) in [7, 11) is 1.83. The molecule has 1 fully saturated rings. The van der Waals surface area contributed by atoms with E-state index in [4.69, 9.17) is 18.0 Å². The van der Waals surface area contributed by atoms with Crippen molar-refractivity contribution in [2.75, 3.05) is 33.2 Å². The first-order valence-electron chi connectivity index (χ1n) is 6.33. The Hall–Kier alpha value is -0.680. The highest BCUT2D eigenvalue weighted by Gasteiger charge is 2.23. The first kappa shape index (κ1) is 14.4. The Bertz CT molecular complexity index is 277. The van der Waals surface area contributed by atoms with Crippen LogP contribution in [0.4, 0.5) is 0 Å². The van der Waals surface area contributed by atoms with Gasteiger partial charge in [-0.2, -0.15) is 0 Å². The maximum atomic E-state index is 12.1. The van der Waals surface area contributed by atoms with Crippen molar-refractivity contribution in [2.45, 2.75) is 26.2 Å². The van der Waals surface area contributed by atoms with Crippen LogP contribution in [0.25, 0.3) is 0 Å². The molecule has 0 radical (unpaired) electrons. The summed E-state index contributed by atoms with van der Waals surface area (Å²) >= 11 is 4.92. The molecule has 17 heavy (non-hydrogen) atoms. The third-order valence-electron chi connectivity index (χ3n) is 3.38. The Balaban J connectivity index is 2.37. The second kappa shape index (κ2) is 6.91. The second-order valence-corrected chi connectivity index (χ2v) is 5.14. The van der Waals surface area contributed by atoms with E-state index in [2.05, 4.69) is 4.90 Å². The van der Waals surface area contributed by atoms with Gasteiger partial charge in [-0.15, -0.1) is 0 Å². The first-order chi connectivity index (χ1) is 8.06. The normalized spacial score (nSPS) is 18.0. The molecule has 0 bridgehead atoms. The molecule has 1 saturated heterocycles. The van der Waals surface area contributed by atoms with E-state index in [0.29, 0.717) is 11.4 Å². The molecular formula is C12H23N3OS. The summed E-state index contributed by atoms with van der Waals surface area (Å²) in [5.41, 5.74) is 5.58. The van der Waals surface area contributed by atoms with Crippen molar-refractivity contribution in [3.05, 3.63) is 0 Å². The number of likely N-dealkylation sites (tertiary alicyclic amines) is 1. The van der Waals surface area contributed by atoms with Crippen LogP contribution in [0.3, 0.4) is 0 Å². The summed E-state index contributed by atoms with van der Waals surface area (Å²) in [5, 5.41) is 0. The Labute approximate surface area is 109 Å². The van der Waals surface area contributed by atoms with Gasteiger partial charge in [0.15, 0.2) is 0 Å². The van der Waals surface area contributed by atoms with Gasteiger partial charge in [-0.25, -0.2) is 0 Å². The molecule has 1 amide bonds. The Kier molecular flexibility index (Phi) is 5.85. The number of likely N-dealkylation sites (N-methyl/N-ethyl adjacent to an activating group) is 1. The summed E-state index contributed by atoms with van der Waals surface area (Å²) in [6.07, 6.45) is 3.24. The van der Waals surface area contributed by atoms with E-state index in [-0.39, 0.29) is 11.8 Å². The molecule has 0 saturated carbocycles. The van der Waals surface area contributed by atoms with Gasteiger partial charge in [0.1, 0.15) is 0 Å². The molecule has 1 heterocycles. The molecule has 1 aliphatic heterocycles. The quantitative estimate of drug-likeness (QED) is 0.717. The SMILES string of the molecule is CCC(C(=O)N(C)CCN1CCCC1)C(N)=S. The second-order valence-electron chi connectivity index (χ2n) is 4.67. The highest BCUT2D eigenvalue weighted by Crippen LogP contribution is 2.09. The fourth-order valence-electron chi connectivity index (χ4n) is 2.17. The minimum Gasteiger partial charge on any atom is -0.393 e. The standard InChI is InChI=1S/C12H23N3OS/c1-3-10(11(13)17)12(16)14(2)8-9-15-6-4-5-7-15/h10H,3-9H2,1-2H3,(H2,13,17). The van der Waals surface area contributed by atoms with E-state index in [1.54, 1.807) is 4.90 Å². The van der Waals surface area contributed by atoms with E-state index < -0.39 is 0 Å². The summed E-state index contributed by atoms with van der Waals surface area (Å²) in [4.78, 5) is 16.5. The molecule has 1 atom stereocenters. The molecule has 1 rings (SSSR count). The lowest BCUT2D eigenvalue weighted by Gasteiger charge is -2.24. The van der Waals surface area contributed by atoms with Crippen molar-refractivity contribution >= 4 is 23.1 Å². The number of nitrogens with two attached hydrogens (primary N) is 1. The first-order valence-corrected chi connectivity index (χ1v) is 6.73. The summed E-state index contributed by atoms with van der Waals surface area (Å²) in [6.45, 7) is 5.98. The minimum atomic E-state index is -0.298. The number of nitrogens with zero attached hydrogens (tertiary/aromatic N) is 2. The maximum Gasteiger partial charge on any atom is 0.232 e. The number of thiocarbonyl (C=S) groups is 1. The Morgan fingerprint density at radius 2 is 2.06 bits per heavy atom. The number of amides is 1. The summed E-state index contributed by atoms with van der Waals surface area (Å²) in [5.74, 6) is -0.243. The van der Waals surface area contributed by atoms with Gasteiger partial charge < -0.3 is 15.5 Å². The van der Waals surface area contributed by atoms with E-state index in [9.17, 15) is 4.79 Å². The van der Waals surface area contributed by atoms with Crippen LogP contribution in [0.15, 0.2) is 0 Å². The lowest BCUT2D eigenvalue weighted by Crippen LogP contribution is -2.42. The molecule has 4 nitrogen and oxygen atoms in total. The van der Waals surface area contributed by atoms with Crippen LogP contribution in [0, 0.1) is 5.92 Å². The van der Waals surface area contributed by atoms with Crippen molar-refractivity contribution in [1.29, 1.82) is 0 Å². The van der Waals surface area contributed by atoms with Crippen molar-refractivity contribution in [3.63, 3.8) is 0 Å². The molecule has 0 aromatic carbocycles.